The highest BCUT2D eigenvalue weighted by atomic mass is 19.4. The summed E-state index contributed by atoms with van der Waals surface area (Å²) in [4.78, 5) is 2.01. The van der Waals surface area contributed by atoms with E-state index in [-0.39, 0.29) is 12.4 Å². The number of rotatable bonds is 6. The van der Waals surface area contributed by atoms with Crippen LogP contribution in [0.3, 0.4) is 0 Å². The van der Waals surface area contributed by atoms with Crippen molar-refractivity contribution in [3.63, 3.8) is 0 Å². The van der Waals surface area contributed by atoms with Crippen LogP contribution in [0.15, 0.2) is 54.6 Å². The van der Waals surface area contributed by atoms with Crippen molar-refractivity contribution in [2.24, 2.45) is 0 Å². The molecule has 0 amide bonds. The monoisotopic (exact) mass is 475 g/mol. The van der Waals surface area contributed by atoms with Crippen LogP contribution in [0, 0.1) is 0 Å². The molecule has 0 saturated heterocycles. The van der Waals surface area contributed by atoms with Crippen LogP contribution in [0.2, 0.25) is 0 Å². The molecule has 1 aliphatic heterocycles. The lowest BCUT2D eigenvalue weighted by Crippen LogP contribution is -2.18. The third kappa shape index (κ3) is 6.87. The number of nitrogens with zero attached hydrogens (tertiary/aromatic N) is 1. The minimum absolute atomic E-state index is 0.0759. The molecular formula is C27H32F3NO3. The fraction of sp³-hybridized carbons (Fsp3) is 0.407. The summed E-state index contributed by atoms with van der Waals surface area (Å²) >= 11 is 0. The Kier molecular flexibility index (Phi) is 8.80. The normalized spacial score (nSPS) is 14.9. The molecule has 1 saturated carbocycles. The quantitative estimate of drug-likeness (QED) is 0.524. The van der Waals surface area contributed by atoms with Crippen molar-refractivity contribution in [3.8, 4) is 22.6 Å². The molecule has 4 nitrogen and oxygen atoms in total. The first-order chi connectivity index (χ1) is 16.2. The standard InChI is InChI=1S/C20H22F3NO3.C7H10/c1-24(2)11-14-10-17(19-16(18(14)12-25)4-3-9-26-19)13-5-7-15(8-6-13)27-20(21,22)23;1-2-4-7-5-3-6-7/h5-8,10,25H,3-4,9,11-12H2,1-2H3;2,4H,1,3,5-6H2. The Morgan fingerprint density at radius 1 is 1.12 bits per heavy atom. The molecule has 7 heteroatoms. The third-order valence-corrected chi connectivity index (χ3v) is 5.80. The van der Waals surface area contributed by atoms with Gasteiger partial charge in [0, 0.05) is 17.7 Å². The van der Waals surface area contributed by atoms with Gasteiger partial charge in [-0.2, -0.15) is 0 Å². The molecule has 184 valence electrons. The van der Waals surface area contributed by atoms with Crippen LogP contribution in [0.25, 0.3) is 11.1 Å². The molecule has 2 aromatic rings. The molecule has 0 aromatic heterocycles. The molecule has 34 heavy (non-hydrogen) atoms. The lowest BCUT2D eigenvalue weighted by Gasteiger charge is -2.26. The van der Waals surface area contributed by atoms with Crippen molar-refractivity contribution < 1.29 is 27.8 Å². The van der Waals surface area contributed by atoms with E-state index in [0.29, 0.717) is 18.9 Å². The number of benzene rings is 2. The van der Waals surface area contributed by atoms with Crippen molar-refractivity contribution in [2.45, 2.75) is 51.6 Å². The molecule has 1 N–H and O–H groups in total. The van der Waals surface area contributed by atoms with E-state index in [1.165, 1.54) is 31.4 Å². The van der Waals surface area contributed by atoms with E-state index in [0.717, 1.165) is 40.7 Å². The van der Waals surface area contributed by atoms with Gasteiger partial charge in [0.15, 0.2) is 0 Å². The highest BCUT2D eigenvalue weighted by Gasteiger charge is 2.31. The second-order valence-electron chi connectivity index (χ2n) is 8.70. The van der Waals surface area contributed by atoms with Gasteiger partial charge in [0.2, 0.25) is 0 Å². The van der Waals surface area contributed by atoms with Crippen molar-refractivity contribution in [1.29, 1.82) is 0 Å². The number of hydrogen-bond donors (Lipinski definition) is 1. The van der Waals surface area contributed by atoms with E-state index in [2.05, 4.69) is 17.4 Å². The summed E-state index contributed by atoms with van der Waals surface area (Å²) in [7, 11) is 3.89. The van der Waals surface area contributed by atoms with Gasteiger partial charge >= 0.3 is 6.36 Å². The minimum Gasteiger partial charge on any atom is -0.493 e. The van der Waals surface area contributed by atoms with Crippen LogP contribution >= 0.6 is 0 Å². The van der Waals surface area contributed by atoms with Gasteiger partial charge in [0.05, 0.1) is 13.2 Å². The second kappa shape index (κ2) is 11.6. The van der Waals surface area contributed by atoms with Crippen molar-refractivity contribution >= 4 is 0 Å². The number of aliphatic hydroxyl groups excluding tert-OH is 1. The van der Waals surface area contributed by atoms with Gasteiger partial charge in [-0.1, -0.05) is 36.4 Å². The van der Waals surface area contributed by atoms with E-state index in [1.807, 2.05) is 31.1 Å². The summed E-state index contributed by atoms with van der Waals surface area (Å²) in [6.45, 7) is 4.75. The Hall–Kier alpha value is -2.77. The van der Waals surface area contributed by atoms with Crippen LogP contribution in [0.4, 0.5) is 13.2 Å². The molecular weight excluding hydrogens is 443 g/mol. The van der Waals surface area contributed by atoms with Gasteiger partial charge in [-0.05, 0) is 81.1 Å². The number of allylic oxidation sites excluding steroid dienone is 3. The van der Waals surface area contributed by atoms with E-state index < -0.39 is 6.36 Å². The van der Waals surface area contributed by atoms with Crippen LogP contribution in [-0.2, 0) is 19.6 Å². The lowest BCUT2D eigenvalue weighted by atomic mass is 9.89. The first-order valence-electron chi connectivity index (χ1n) is 11.4. The third-order valence-electron chi connectivity index (χ3n) is 5.80. The summed E-state index contributed by atoms with van der Waals surface area (Å²) in [5, 5.41) is 9.90. The van der Waals surface area contributed by atoms with Crippen molar-refractivity contribution in [2.75, 3.05) is 20.7 Å². The number of fused-ring (bicyclic) bond motifs is 1. The van der Waals surface area contributed by atoms with E-state index in [1.54, 1.807) is 17.7 Å². The Balaban J connectivity index is 0.000000396. The van der Waals surface area contributed by atoms with Gasteiger partial charge in [-0.3, -0.25) is 0 Å². The molecule has 0 atom stereocenters. The Bertz CT molecular complexity index is 1010. The first-order valence-corrected chi connectivity index (χ1v) is 11.4. The topological polar surface area (TPSA) is 41.9 Å². The molecule has 1 aliphatic carbocycles. The largest absolute Gasteiger partial charge is 0.573 e. The number of halogens is 3. The van der Waals surface area contributed by atoms with Crippen LogP contribution in [0.1, 0.15) is 42.4 Å². The van der Waals surface area contributed by atoms with Gasteiger partial charge in [-0.25, -0.2) is 0 Å². The predicted octanol–water partition coefficient (Wildman–Crippen LogP) is 6.41. The zero-order valence-electron chi connectivity index (χ0n) is 19.8. The van der Waals surface area contributed by atoms with Gasteiger partial charge in [0.25, 0.3) is 0 Å². The molecule has 0 unspecified atom stereocenters. The first kappa shape index (κ1) is 25.8. The fourth-order valence-electron chi connectivity index (χ4n) is 4.12. The Labute approximate surface area is 199 Å². The number of aliphatic hydroxyl groups is 1. The summed E-state index contributed by atoms with van der Waals surface area (Å²) in [6, 6.07) is 7.72. The van der Waals surface area contributed by atoms with Crippen molar-refractivity contribution in [3.05, 3.63) is 71.3 Å². The molecule has 0 bridgehead atoms. The van der Waals surface area contributed by atoms with Crippen LogP contribution < -0.4 is 9.47 Å². The molecule has 4 rings (SSSR count). The number of alkyl halides is 3. The Morgan fingerprint density at radius 3 is 2.32 bits per heavy atom. The maximum atomic E-state index is 12.4. The molecule has 1 heterocycles. The maximum absolute atomic E-state index is 12.4. The summed E-state index contributed by atoms with van der Waals surface area (Å²) in [5.41, 5.74) is 5.96. The maximum Gasteiger partial charge on any atom is 0.573 e. The number of ether oxygens (including phenoxy) is 2. The minimum atomic E-state index is -4.72. The van der Waals surface area contributed by atoms with Crippen molar-refractivity contribution in [1.82, 2.24) is 4.90 Å². The average Bonchev–Trinajstić information content (AvgIpc) is 2.75. The van der Waals surface area contributed by atoms with Gasteiger partial charge in [-0.15, -0.1) is 13.2 Å². The van der Waals surface area contributed by atoms with Crippen LogP contribution in [-0.4, -0.2) is 37.1 Å². The highest BCUT2D eigenvalue weighted by Crippen LogP contribution is 2.41. The summed E-state index contributed by atoms with van der Waals surface area (Å²) < 4.78 is 47.0. The van der Waals surface area contributed by atoms with E-state index in [9.17, 15) is 18.3 Å². The number of hydrogen-bond acceptors (Lipinski definition) is 4. The SMILES string of the molecule is C=CC=C1CCC1.CN(C)Cc1cc(-c2ccc(OC(F)(F)F)cc2)c2c(c1CO)CCCO2. The fourth-order valence-corrected chi connectivity index (χ4v) is 4.12. The Morgan fingerprint density at radius 2 is 1.82 bits per heavy atom. The molecule has 2 aromatic carbocycles. The van der Waals surface area contributed by atoms with E-state index >= 15 is 0 Å². The zero-order chi connectivity index (χ0) is 24.7. The molecule has 0 radical (unpaired) electrons. The summed E-state index contributed by atoms with van der Waals surface area (Å²) in [5.74, 6) is 0.443. The summed E-state index contributed by atoms with van der Waals surface area (Å²) in [6.07, 6.45) is 4.94. The predicted molar refractivity (Wildman–Crippen MR) is 128 cm³/mol. The van der Waals surface area contributed by atoms with Crippen LogP contribution in [0.5, 0.6) is 11.5 Å². The second-order valence-corrected chi connectivity index (χ2v) is 8.70. The smallest absolute Gasteiger partial charge is 0.493 e. The zero-order valence-corrected chi connectivity index (χ0v) is 19.8. The van der Waals surface area contributed by atoms with Gasteiger partial charge in [0.1, 0.15) is 11.5 Å². The highest BCUT2D eigenvalue weighted by molar-refractivity contribution is 5.75. The average molecular weight is 476 g/mol. The lowest BCUT2D eigenvalue weighted by molar-refractivity contribution is -0.274. The molecule has 0 spiro atoms. The molecule has 1 fully saturated rings. The van der Waals surface area contributed by atoms with Gasteiger partial charge < -0.3 is 19.5 Å². The van der Waals surface area contributed by atoms with E-state index in [4.69, 9.17) is 4.74 Å². The molecule has 2 aliphatic rings.